The molecule has 0 heterocycles. The monoisotopic (exact) mass is 342 g/mol. The van der Waals surface area contributed by atoms with Crippen LogP contribution in [-0.4, -0.2) is 23.5 Å². The summed E-state index contributed by atoms with van der Waals surface area (Å²) in [7, 11) is 0. The molecule has 1 saturated carbocycles. The summed E-state index contributed by atoms with van der Waals surface area (Å²) in [6.07, 6.45) is -2.31. The van der Waals surface area contributed by atoms with Gasteiger partial charge in [-0.05, 0) is 24.5 Å². The molecule has 0 spiro atoms. The average molecular weight is 342 g/mol. The van der Waals surface area contributed by atoms with E-state index in [1.165, 1.54) is 23.9 Å². The minimum absolute atomic E-state index is 0.150. The third-order valence-corrected chi connectivity index (χ3v) is 4.73. The first-order valence-corrected chi connectivity index (χ1v) is 8.49. The maximum Gasteiger partial charge on any atom is 0.416 e. The number of carbonyl (C=O) groups is 1. The summed E-state index contributed by atoms with van der Waals surface area (Å²) in [6, 6.07) is 7.23. The molecule has 1 aromatic carbocycles. The lowest BCUT2D eigenvalue weighted by Gasteiger charge is -2.24. The van der Waals surface area contributed by atoms with Gasteiger partial charge in [0.15, 0.2) is 0 Å². The SMILES string of the molecule is N#CCSCC(=O)N[C@H]1CCC[C@H]1c1ccccc1C(F)(F)F. The molecule has 23 heavy (non-hydrogen) atoms. The molecule has 2 rings (SSSR count). The largest absolute Gasteiger partial charge is 0.416 e. The maximum absolute atomic E-state index is 13.2. The molecule has 0 radical (unpaired) electrons. The molecule has 0 saturated heterocycles. The molecule has 0 aromatic heterocycles. The highest BCUT2D eigenvalue weighted by molar-refractivity contribution is 8.00. The van der Waals surface area contributed by atoms with Crippen LogP contribution >= 0.6 is 11.8 Å². The minimum Gasteiger partial charge on any atom is -0.352 e. The average Bonchev–Trinajstić information content (AvgIpc) is 2.94. The van der Waals surface area contributed by atoms with Crippen LogP contribution in [0.2, 0.25) is 0 Å². The maximum atomic E-state index is 13.2. The highest BCUT2D eigenvalue weighted by Crippen LogP contribution is 2.41. The number of hydrogen-bond donors (Lipinski definition) is 1. The van der Waals surface area contributed by atoms with Crippen molar-refractivity contribution in [1.82, 2.24) is 5.32 Å². The molecule has 0 bridgehead atoms. The van der Waals surface area contributed by atoms with E-state index >= 15 is 0 Å². The zero-order chi connectivity index (χ0) is 16.9. The van der Waals surface area contributed by atoms with Crippen LogP contribution in [0.4, 0.5) is 13.2 Å². The van der Waals surface area contributed by atoms with Gasteiger partial charge in [0.05, 0.1) is 23.1 Å². The quantitative estimate of drug-likeness (QED) is 0.830. The van der Waals surface area contributed by atoms with Gasteiger partial charge in [-0.3, -0.25) is 4.79 Å². The number of hydrogen-bond acceptors (Lipinski definition) is 3. The Morgan fingerprint density at radius 3 is 2.78 bits per heavy atom. The Labute approximate surface area is 137 Å². The summed E-state index contributed by atoms with van der Waals surface area (Å²) in [5, 5.41) is 11.3. The van der Waals surface area contributed by atoms with E-state index in [1.807, 2.05) is 6.07 Å². The second-order valence-corrected chi connectivity index (χ2v) is 6.43. The van der Waals surface area contributed by atoms with Crippen LogP contribution in [0.25, 0.3) is 0 Å². The second-order valence-electron chi connectivity index (χ2n) is 5.45. The van der Waals surface area contributed by atoms with Gasteiger partial charge in [-0.1, -0.05) is 24.6 Å². The number of nitrogens with one attached hydrogen (secondary N) is 1. The van der Waals surface area contributed by atoms with E-state index in [2.05, 4.69) is 5.32 Å². The molecule has 1 amide bonds. The molecule has 1 fully saturated rings. The number of carbonyl (C=O) groups excluding carboxylic acids is 1. The molecular weight excluding hydrogens is 325 g/mol. The number of halogens is 3. The smallest absolute Gasteiger partial charge is 0.352 e. The van der Waals surface area contributed by atoms with Gasteiger partial charge in [0.2, 0.25) is 5.91 Å². The topological polar surface area (TPSA) is 52.9 Å². The third kappa shape index (κ3) is 4.64. The zero-order valence-electron chi connectivity index (χ0n) is 12.4. The van der Waals surface area contributed by atoms with Gasteiger partial charge in [0.25, 0.3) is 0 Å². The van der Waals surface area contributed by atoms with Crippen LogP contribution in [0.15, 0.2) is 24.3 Å². The van der Waals surface area contributed by atoms with Gasteiger partial charge < -0.3 is 5.32 Å². The van der Waals surface area contributed by atoms with Gasteiger partial charge in [0, 0.05) is 12.0 Å². The van der Waals surface area contributed by atoms with Crippen LogP contribution in [0.5, 0.6) is 0 Å². The van der Waals surface area contributed by atoms with Crippen molar-refractivity contribution in [2.45, 2.75) is 37.4 Å². The molecule has 1 aromatic rings. The van der Waals surface area contributed by atoms with Gasteiger partial charge in [-0.25, -0.2) is 0 Å². The van der Waals surface area contributed by atoms with Crippen molar-refractivity contribution in [2.24, 2.45) is 0 Å². The van der Waals surface area contributed by atoms with Gasteiger partial charge in [0.1, 0.15) is 0 Å². The van der Waals surface area contributed by atoms with Gasteiger partial charge >= 0.3 is 6.18 Å². The fourth-order valence-electron chi connectivity index (χ4n) is 3.02. The Balaban J connectivity index is 2.11. The number of amides is 1. The molecule has 0 aliphatic heterocycles. The van der Waals surface area contributed by atoms with Crippen LogP contribution < -0.4 is 5.32 Å². The number of benzene rings is 1. The Morgan fingerprint density at radius 2 is 2.09 bits per heavy atom. The normalized spacial score (nSPS) is 21.0. The number of nitriles is 1. The number of thioether (sulfide) groups is 1. The van der Waals surface area contributed by atoms with Crippen molar-refractivity contribution in [1.29, 1.82) is 5.26 Å². The summed E-state index contributed by atoms with van der Waals surface area (Å²) in [5.41, 5.74) is -0.363. The molecule has 1 aliphatic carbocycles. The molecular formula is C16H17F3N2OS. The van der Waals surface area contributed by atoms with Crippen molar-refractivity contribution in [3.8, 4) is 6.07 Å². The molecule has 1 aliphatic rings. The Hall–Kier alpha value is -1.68. The standard InChI is InChI=1S/C16H17F3N2OS/c17-16(18,19)13-6-2-1-4-11(13)12-5-3-7-14(12)21-15(22)10-23-9-8-20/h1-2,4,6,12,14H,3,5,7,9-10H2,(H,21,22)/t12-,14-/m0/s1. The van der Waals surface area contributed by atoms with Crippen molar-refractivity contribution in [3.05, 3.63) is 35.4 Å². The third-order valence-electron chi connectivity index (χ3n) is 3.93. The van der Waals surface area contributed by atoms with E-state index in [0.29, 0.717) is 12.8 Å². The van der Waals surface area contributed by atoms with E-state index in [9.17, 15) is 18.0 Å². The molecule has 2 atom stereocenters. The van der Waals surface area contributed by atoms with Gasteiger partial charge in [-0.2, -0.15) is 18.4 Å². The van der Waals surface area contributed by atoms with Crippen LogP contribution in [0.1, 0.15) is 36.3 Å². The first kappa shape index (κ1) is 17.7. The van der Waals surface area contributed by atoms with E-state index in [1.54, 1.807) is 6.07 Å². The predicted octanol–water partition coefficient (Wildman–Crippen LogP) is 3.71. The Bertz CT molecular complexity index is 598. The van der Waals surface area contributed by atoms with E-state index < -0.39 is 11.7 Å². The van der Waals surface area contributed by atoms with Crippen molar-refractivity contribution in [3.63, 3.8) is 0 Å². The molecule has 1 N–H and O–H groups in total. The summed E-state index contributed by atoms with van der Waals surface area (Å²) in [4.78, 5) is 11.9. The zero-order valence-corrected chi connectivity index (χ0v) is 13.2. The highest BCUT2D eigenvalue weighted by Gasteiger charge is 2.38. The fourth-order valence-corrected chi connectivity index (χ4v) is 3.48. The fraction of sp³-hybridized carbons (Fsp3) is 0.500. The van der Waals surface area contributed by atoms with Crippen LogP contribution in [0.3, 0.4) is 0 Å². The van der Waals surface area contributed by atoms with Crippen LogP contribution in [-0.2, 0) is 11.0 Å². The first-order valence-electron chi connectivity index (χ1n) is 7.33. The predicted molar refractivity (Wildman–Crippen MR) is 82.9 cm³/mol. The Morgan fingerprint density at radius 1 is 1.35 bits per heavy atom. The molecule has 0 unspecified atom stereocenters. The van der Waals surface area contributed by atoms with E-state index in [4.69, 9.17) is 5.26 Å². The lowest BCUT2D eigenvalue weighted by Crippen LogP contribution is -2.38. The number of alkyl halides is 3. The molecule has 7 heteroatoms. The molecule has 124 valence electrons. The summed E-state index contributed by atoms with van der Waals surface area (Å²) >= 11 is 1.20. The van der Waals surface area contributed by atoms with E-state index in [0.717, 1.165) is 12.5 Å². The van der Waals surface area contributed by atoms with E-state index in [-0.39, 0.29) is 34.9 Å². The summed E-state index contributed by atoms with van der Waals surface area (Å²) in [6.45, 7) is 0. The number of nitrogens with zero attached hydrogens (tertiary/aromatic N) is 1. The minimum atomic E-state index is -4.39. The van der Waals surface area contributed by atoms with Crippen molar-refractivity contribution in [2.75, 3.05) is 11.5 Å². The van der Waals surface area contributed by atoms with Crippen molar-refractivity contribution < 1.29 is 18.0 Å². The summed E-state index contributed by atoms with van der Waals surface area (Å²) < 4.78 is 39.5. The molecule has 3 nitrogen and oxygen atoms in total. The summed E-state index contributed by atoms with van der Waals surface area (Å²) in [5.74, 6) is -0.180. The first-order chi connectivity index (χ1) is 10.9. The van der Waals surface area contributed by atoms with Crippen LogP contribution in [0, 0.1) is 11.3 Å². The Kier molecular flexibility index (Phi) is 5.94. The highest BCUT2D eigenvalue weighted by atomic mass is 32.2. The number of rotatable bonds is 5. The lowest BCUT2D eigenvalue weighted by molar-refractivity contribution is -0.138. The lowest BCUT2D eigenvalue weighted by atomic mass is 9.90. The van der Waals surface area contributed by atoms with Gasteiger partial charge in [-0.15, -0.1) is 11.8 Å². The second kappa shape index (κ2) is 7.73. The van der Waals surface area contributed by atoms with Crippen molar-refractivity contribution >= 4 is 17.7 Å².